The maximum absolute atomic E-state index is 12.0. The number of carbonyl (C=O) groups excluding carboxylic acids is 1. The Balaban J connectivity index is 1.61. The summed E-state index contributed by atoms with van der Waals surface area (Å²) in [5.74, 6) is 0.830. The van der Waals surface area contributed by atoms with E-state index < -0.39 is 0 Å². The normalized spacial score (nSPS) is 10.3. The number of aromatic nitrogens is 4. The number of carbonyl (C=O) groups is 1. The third-order valence-corrected chi connectivity index (χ3v) is 3.41. The minimum Gasteiger partial charge on any atom is -0.484 e. The molecule has 2 N–H and O–H groups in total. The maximum atomic E-state index is 12.0. The molecule has 0 radical (unpaired) electrons. The van der Waals surface area contributed by atoms with E-state index in [-0.39, 0.29) is 12.5 Å². The lowest BCUT2D eigenvalue weighted by Crippen LogP contribution is -2.20. The molecule has 0 aliphatic carbocycles. The van der Waals surface area contributed by atoms with Gasteiger partial charge in [0, 0.05) is 15.7 Å². The van der Waals surface area contributed by atoms with Crippen molar-refractivity contribution in [3.63, 3.8) is 0 Å². The van der Waals surface area contributed by atoms with E-state index in [4.69, 9.17) is 4.74 Å². The Labute approximate surface area is 140 Å². The van der Waals surface area contributed by atoms with Crippen molar-refractivity contribution in [3.8, 4) is 17.1 Å². The van der Waals surface area contributed by atoms with Crippen LogP contribution in [0.3, 0.4) is 0 Å². The minimum atomic E-state index is -0.254. The Kier molecular flexibility index (Phi) is 4.62. The number of ether oxygens (including phenoxy) is 1. The van der Waals surface area contributed by atoms with Crippen LogP contribution in [0.2, 0.25) is 0 Å². The summed E-state index contributed by atoms with van der Waals surface area (Å²) in [7, 11) is 0. The van der Waals surface area contributed by atoms with Gasteiger partial charge in [0.05, 0.1) is 0 Å². The van der Waals surface area contributed by atoms with E-state index in [9.17, 15) is 4.79 Å². The third kappa shape index (κ3) is 4.13. The van der Waals surface area contributed by atoms with Gasteiger partial charge in [-0.05, 0) is 35.5 Å². The number of nitrogens with zero attached hydrogens (tertiary/aromatic N) is 3. The summed E-state index contributed by atoms with van der Waals surface area (Å²) in [6.45, 7) is -0.0805. The Morgan fingerprint density at radius 2 is 2.09 bits per heavy atom. The molecule has 0 atom stereocenters. The Morgan fingerprint density at radius 1 is 1.22 bits per heavy atom. The number of halogens is 1. The molecule has 3 aromatic rings. The molecule has 0 fully saturated rings. The van der Waals surface area contributed by atoms with Crippen molar-refractivity contribution in [3.05, 3.63) is 53.0 Å². The molecular weight excluding hydrogens is 362 g/mol. The van der Waals surface area contributed by atoms with Crippen LogP contribution in [-0.4, -0.2) is 33.1 Å². The monoisotopic (exact) mass is 373 g/mol. The van der Waals surface area contributed by atoms with E-state index in [1.807, 2.05) is 18.2 Å². The number of benzene rings is 2. The fourth-order valence-electron chi connectivity index (χ4n) is 1.92. The Morgan fingerprint density at radius 3 is 2.87 bits per heavy atom. The van der Waals surface area contributed by atoms with E-state index >= 15 is 0 Å². The molecule has 0 aliphatic heterocycles. The average molecular weight is 374 g/mol. The molecule has 1 heterocycles. The summed E-state index contributed by atoms with van der Waals surface area (Å²) >= 11 is 3.35. The van der Waals surface area contributed by atoms with Crippen molar-refractivity contribution in [1.82, 2.24) is 20.6 Å². The van der Waals surface area contributed by atoms with E-state index in [1.165, 1.54) is 0 Å². The fraction of sp³-hybridized carbons (Fsp3) is 0.0667. The number of nitrogens with one attached hydrogen (secondary N) is 2. The van der Waals surface area contributed by atoms with Gasteiger partial charge in [-0.15, -0.1) is 10.2 Å². The summed E-state index contributed by atoms with van der Waals surface area (Å²) in [6, 6.07) is 14.5. The lowest BCUT2D eigenvalue weighted by Gasteiger charge is -2.08. The van der Waals surface area contributed by atoms with Crippen LogP contribution in [-0.2, 0) is 4.79 Å². The lowest BCUT2D eigenvalue weighted by molar-refractivity contribution is -0.118. The summed E-state index contributed by atoms with van der Waals surface area (Å²) < 4.78 is 6.33. The first-order valence-electron chi connectivity index (χ1n) is 6.73. The predicted molar refractivity (Wildman–Crippen MR) is 87.9 cm³/mol. The molecular formula is C15H12BrN5O2. The Bertz CT molecular complexity index is 807. The second kappa shape index (κ2) is 7.01. The number of hydrogen-bond acceptors (Lipinski definition) is 5. The van der Waals surface area contributed by atoms with E-state index in [0.29, 0.717) is 17.3 Å². The molecule has 0 saturated carbocycles. The topological polar surface area (TPSA) is 92.8 Å². The number of hydrogen-bond donors (Lipinski definition) is 2. The molecule has 0 aliphatic rings. The first-order valence-corrected chi connectivity index (χ1v) is 7.52. The van der Waals surface area contributed by atoms with Gasteiger partial charge in [0.15, 0.2) is 6.61 Å². The number of anilines is 1. The zero-order chi connectivity index (χ0) is 16.1. The highest BCUT2D eigenvalue weighted by Crippen LogP contribution is 2.19. The molecule has 1 amide bonds. The van der Waals surface area contributed by atoms with Crippen LogP contribution in [0.15, 0.2) is 53.0 Å². The van der Waals surface area contributed by atoms with Gasteiger partial charge < -0.3 is 10.1 Å². The van der Waals surface area contributed by atoms with Gasteiger partial charge in [-0.25, -0.2) is 0 Å². The highest BCUT2D eigenvalue weighted by atomic mass is 79.9. The molecule has 0 saturated heterocycles. The molecule has 0 unspecified atom stereocenters. The molecule has 8 heteroatoms. The van der Waals surface area contributed by atoms with Crippen molar-refractivity contribution in [2.24, 2.45) is 0 Å². The van der Waals surface area contributed by atoms with Gasteiger partial charge in [0.2, 0.25) is 5.82 Å². The Hall–Kier alpha value is -2.74. The number of rotatable bonds is 5. The first kappa shape index (κ1) is 15.2. The standard InChI is InChI=1S/C15H12BrN5O2/c16-11-4-2-6-13(8-11)23-9-14(22)17-12-5-1-3-10(7-12)15-18-20-21-19-15/h1-8H,9H2,(H,17,22)(H,18,19,20,21). The van der Waals surface area contributed by atoms with Gasteiger partial charge in [0.1, 0.15) is 5.75 Å². The van der Waals surface area contributed by atoms with Crippen LogP contribution in [0.5, 0.6) is 5.75 Å². The van der Waals surface area contributed by atoms with Gasteiger partial charge in [0.25, 0.3) is 5.91 Å². The smallest absolute Gasteiger partial charge is 0.262 e. The molecule has 1 aromatic heterocycles. The van der Waals surface area contributed by atoms with Crippen molar-refractivity contribution < 1.29 is 9.53 Å². The number of H-pyrrole nitrogens is 1. The zero-order valence-corrected chi connectivity index (χ0v) is 13.4. The maximum Gasteiger partial charge on any atom is 0.262 e. The summed E-state index contributed by atoms with van der Waals surface area (Å²) in [6.07, 6.45) is 0. The highest BCUT2D eigenvalue weighted by Gasteiger charge is 2.07. The quantitative estimate of drug-likeness (QED) is 0.716. The summed E-state index contributed by atoms with van der Waals surface area (Å²) in [5, 5.41) is 16.5. The van der Waals surface area contributed by atoms with E-state index in [2.05, 4.69) is 41.9 Å². The highest BCUT2D eigenvalue weighted by molar-refractivity contribution is 9.10. The van der Waals surface area contributed by atoms with Crippen LogP contribution >= 0.6 is 15.9 Å². The van der Waals surface area contributed by atoms with Crippen LogP contribution in [0.25, 0.3) is 11.4 Å². The van der Waals surface area contributed by atoms with Gasteiger partial charge >= 0.3 is 0 Å². The molecule has 2 aromatic carbocycles. The minimum absolute atomic E-state index is 0.0805. The molecule has 3 rings (SSSR count). The second-order valence-corrected chi connectivity index (χ2v) is 5.53. The van der Waals surface area contributed by atoms with Gasteiger partial charge in [-0.2, -0.15) is 5.21 Å². The summed E-state index contributed by atoms with van der Waals surface area (Å²) in [4.78, 5) is 12.0. The predicted octanol–water partition coefficient (Wildman–Crippen LogP) is 2.65. The second-order valence-electron chi connectivity index (χ2n) is 4.61. The molecule has 23 heavy (non-hydrogen) atoms. The SMILES string of the molecule is O=C(COc1cccc(Br)c1)Nc1cccc(-c2nn[nH]n2)c1. The van der Waals surface area contributed by atoms with Crippen LogP contribution in [0.1, 0.15) is 0 Å². The van der Waals surface area contributed by atoms with Gasteiger partial charge in [-0.1, -0.05) is 34.1 Å². The molecule has 0 bridgehead atoms. The van der Waals surface area contributed by atoms with E-state index in [0.717, 1.165) is 10.0 Å². The van der Waals surface area contributed by atoms with Crippen molar-refractivity contribution >= 4 is 27.5 Å². The largest absolute Gasteiger partial charge is 0.484 e. The third-order valence-electron chi connectivity index (χ3n) is 2.92. The summed E-state index contributed by atoms with van der Waals surface area (Å²) in [5.41, 5.74) is 1.39. The average Bonchev–Trinajstić information content (AvgIpc) is 3.08. The fourth-order valence-corrected chi connectivity index (χ4v) is 2.30. The molecule has 7 nitrogen and oxygen atoms in total. The van der Waals surface area contributed by atoms with Crippen LogP contribution in [0.4, 0.5) is 5.69 Å². The number of tetrazole rings is 1. The number of amides is 1. The molecule has 116 valence electrons. The van der Waals surface area contributed by atoms with Gasteiger partial charge in [-0.3, -0.25) is 4.79 Å². The van der Waals surface area contributed by atoms with Crippen LogP contribution < -0.4 is 10.1 Å². The first-order chi connectivity index (χ1) is 11.2. The van der Waals surface area contributed by atoms with Crippen molar-refractivity contribution in [2.45, 2.75) is 0 Å². The van der Waals surface area contributed by atoms with Crippen molar-refractivity contribution in [1.29, 1.82) is 0 Å². The lowest BCUT2D eigenvalue weighted by atomic mass is 10.2. The van der Waals surface area contributed by atoms with E-state index in [1.54, 1.807) is 30.3 Å². The molecule has 0 spiro atoms. The van der Waals surface area contributed by atoms with Crippen LogP contribution in [0, 0.1) is 0 Å². The van der Waals surface area contributed by atoms with Crippen molar-refractivity contribution in [2.75, 3.05) is 11.9 Å². The number of aromatic amines is 1. The zero-order valence-electron chi connectivity index (χ0n) is 11.9.